The number of fused-ring (bicyclic) bond motifs is 3. The molecule has 0 radical (unpaired) electrons. The highest BCUT2D eigenvalue weighted by Crippen LogP contribution is 2.40. The summed E-state index contributed by atoms with van der Waals surface area (Å²) in [5.74, 6) is -1.57. The average molecular weight is 571 g/mol. The molecule has 2 aliphatic rings. The second-order valence-corrected chi connectivity index (χ2v) is 12.0. The summed E-state index contributed by atoms with van der Waals surface area (Å²) in [6, 6.07) is 5.44. The molecule has 1 amide bonds. The molecule has 4 heterocycles. The van der Waals surface area contributed by atoms with Crippen LogP contribution < -0.4 is 4.90 Å². The molecule has 0 aliphatic carbocycles. The lowest BCUT2D eigenvalue weighted by molar-refractivity contribution is -0.190. The first-order valence-electron chi connectivity index (χ1n) is 12.0. The number of halogens is 4. The molecule has 5 rings (SSSR count). The Morgan fingerprint density at radius 3 is 2.55 bits per heavy atom. The van der Waals surface area contributed by atoms with Gasteiger partial charge in [-0.15, -0.1) is 0 Å². The number of anilines is 2. The van der Waals surface area contributed by atoms with Gasteiger partial charge in [0.15, 0.2) is 16.8 Å². The summed E-state index contributed by atoms with van der Waals surface area (Å²) in [5.41, 5.74) is 2.93. The Balaban J connectivity index is 1.40. The van der Waals surface area contributed by atoms with Crippen molar-refractivity contribution in [1.29, 1.82) is 0 Å². The highest BCUT2D eigenvalue weighted by atomic mass is 35.5. The minimum Gasteiger partial charge on any atom is -0.339 e. The van der Waals surface area contributed by atoms with Gasteiger partial charge in [0, 0.05) is 38.4 Å². The van der Waals surface area contributed by atoms with Crippen LogP contribution in [-0.2, 0) is 21.2 Å². The summed E-state index contributed by atoms with van der Waals surface area (Å²) >= 11 is 6.04. The Labute approximate surface area is 222 Å². The Morgan fingerprint density at radius 2 is 1.92 bits per heavy atom. The number of benzene rings is 1. The summed E-state index contributed by atoms with van der Waals surface area (Å²) in [5, 5.41) is 4.62. The highest BCUT2D eigenvalue weighted by Gasteiger charge is 2.47. The van der Waals surface area contributed by atoms with Crippen LogP contribution in [0.3, 0.4) is 0 Å². The smallest absolute Gasteiger partial charge is 0.339 e. The molecule has 0 bridgehead atoms. The molecule has 3 aromatic rings. The predicted octanol–water partition coefficient (Wildman–Crippen LogP) is 3.81. The van der Waals surface area contributed by atoms with Gasteiger partial charge >= 0.3 is 6.18 Å². The topological polar surface area (TPSA) is 91.1 Å². The van der Waals surface area contributed by atoms with E-state index >= 15 is 0 Å². The van der Waals surface area contributed by atoms with Crippen LogP contribution in [0.5, 0.6) is 0 Å². The molecule has 1 fully saturated rings. The van der Waals surface area contributed by atoms with Gasteiger partial charge in [-0.05, 0) is 37.0 Å². The molecule has 2 aliphatic heterocycles. The number of amides is 1. The number of rotatable bonds is 5. The van der Waals surface area contributed by atoms with Crippen molar-refractivity contribution in [2.24, 2.45) is 5.92 Å². The zero-order chi connectivity index (χ0) is 27.4. The van der Waals surface area contributed by atoms with Crippen LogP contribution in [0.1, 0.15) is 30.1 Å². The van der Waals surface area contributed by atoms with E-state index in [9.17, 15) is 26.4 Å². The molecule has 204 valence electrons. The van der Waals surface area contributed by atoms with E-state index in [-0.39, 0.29) is 25.1 Å². The predicted molar refractivity (Wildman–Crippen MR) is 136 cm³/mol. The number of aromatic nitrogens is 3. The number of carbonyl (C=O) groups is 1. The van der Waals surface area contributed by atoms with Crippen molar-refractivity contribution in [3.05, 3.63) is 52.9 Å². The Bertz CT molecular complexity index is 1480. The van der Waals surface area contributed by atoms with Gasteiger partial charge in [0.25, 0.3) is 0 Å². The van der Waals surface area contributed by atoms with Gasteiger partial charge in [0.05, 0.1) is 29.8 Å². The molecule has 2 atom stereocenters. The average Bonchev–Trinajstić information content (AvgIpc) is 3.49. The van der Waals surface area contributed by atoms with E-state index in [1.807, 2.05) is 4.90 Å². The zero-order valence-electron chi connectivity index (χ0n) is 20.7. The lowest BCUT2D eigenvalue weighted by Crippen LogP contribution is -2.43. The molecule has 0 unspecified atom stereocenters. The number of hydrogen-bond donors (Lipinski definition) is 0. The van der Waals surface area contributed by atoms with Crippen molar-refractivity contribution in [2.75, 3.05) is 37.8 Å². The number of carbonyl (C=O) groups excluding carboxylic acids is 1. The van der Waals surface area contributed by atoms with Gasteiger partial charge in [0.2, 0.25) is 15.9 Å². The van der Waals surface area contributed by atoms with Crippen LogP contribution in [0.4, 0.5) is 24.5 Å². The fourth-order valence-electron chi connectivity index (χ4n) is 5.31. The van der Waals surface area contributed by atoms with Gasteiger partial charge in [-0.25, -0.2) is 22.2 Å². The van der Waals surface area contributed by atoms with Crippen LogP contribution in [0.25, 0.3) is 5.65 Å². The largest absolute Gasteiger partial charge is 0.413 e. The second-order valence-electron chi connectivity index (χ2n) is 9.67. The second kappa shape index (κ2) is 9.69. The van der Waals surface area contributed by atoms with E-state index in [1.54, 1.807) is 28.9 Å². The van der Waals surface area contributed by atoms with E-state index in [1.165, 1.54) is 12.1 Å². The Kier molecular flexibility index (Phi) is 6.81. The maximum Gasteiger partial charge on any atom is 0.413 e. The summed E-state index contributed by atoms with van der Waals surface area (Å²) in [6.45, 7) is 0.633. The summed E-state index contributed by atoms with van der Waals surface area (Å²) < 4.78 is 69.1. The lowest BCUT2D eigenvalue weighted by Gasteiger charge is -2.33. The van der Waals surface area contributed by atoms with E-state index < -0.39 is 34.1 Å². The molecular formula is C24H26ClF3N6O3S. The number of sulfonamides is 1. The van der Waals surface area contributed by atoms with Crippen LogP contribution in [0, 0.1) is 5.92 Å². The van der Waals surface area contributed by atoms with Crippen molar-refractivity contribution < 1.29 is 26.4 Å². The fraction of sp³-hybridized carbons (Fsp3) is 0.458. The van der Waals surface area contributed by atoms with E-state index in [4.69, 9.17) is 11.6 Å². The van der Waals surface area contributed by atoms with Crippen LogP contribution in [0.2, 0.25) is 5.15 Å². The molecule has 0 N–H and O–H groups in total. The summed E-state index contributed by atoms with van der Waals surface area (Å²) in [4.78, 5) is 20.1. The normalized spacial score (nSPS) is 19.5. The number of hydrogen-bond acceptors (Lipinski definition) is 6. The van der Waals surface area contributed by atoms with E-state index in [0.29, 0.717) is 27.9 Å². The maximum atomic E-state index is 14.2. The minimum atomic E-state index is -4.73. The third-order valence-electron chi connectivity index (χ3n) is 7.15. The molecule has 1 aromatic carbocycles. The van der Waals surface area contributed by atoms with Gasteiger partial charge in [-0.2, -0.15) is 18.3 Å². The van der Waals surface area contributed by atoms with E-state index in [2.05, 4.69) is 10.1 Å². The molecule has 14 heteroatoms. The third-order valence-corrected chi connectivity index (χ3v) is 8.61. The third kappa shape index (κ3) is 4.94. The van der Waals surface area contributed by atoms with Gasteiger partial charge in [-0.1, -0.05) is 23.7 Å². The molecule has 9 nitrogen and oxygen atoms in total. The van der Waals surface area contributed by atoms with Gasteiger partial charge in [-0.3, -0.25) is 4.79 Å². The van der Waals surface area contributed by atoms with Crippen molar-refractivity contribution in [2.45, 2.75) is 31.5 Å². The molecular weight excluding hydrogens is 545 g/mol. The molecule has 2 aromatic heterocycles. The van der Waals surface area contributed by atoms with Crippen LogP contribution in [0.15, 0.2) is 36.5 Å². The maximum absolute atomic E-state index is 14.2. The van der Waals surface area contributed by atoms with Crippen molar-refractivity contribution in [1.82, 2.24) is 23.8 Å². The Morgan fingerprint density at radius 1 is 1.21 bits per heavy atom. The SMILES string of the molecule is CN(C(=O)[C@H]1CCN(S(C)(=O)=O)C1)[C@@H](c1ccc(N2CCCc3c2cnc2cc(Cl)nn32)cc1)C(F)(F)F. The highest BCUT2D eigenvalue weighted by molar-refractivity contribution is 7.88. The molecule has 0 saturated carbocycles. The fourth-order valence-corrected chi connectivity index (χ4v) is 6.37. The van der Waals surface area contributed by atoms with Gasteiger partial charge in [0.1, 0.15) is 0 Å². The van der Waals surface area contributed by atoms with Crippen molar-refractivity contribution >= 4 is 44.6 Å². The van der Waals surface area contributed by atoms with Crippen LogP contribution >= 0.6 is 11.6 Å². The summed E-state index contributed by atoms with van der Waals surface area (Å²) in [7, 11) is -2.41. The number of aryl methyl sites for hydroxylation is 1. The molecule has 1 saturated heterocycles. The van der Waals surface area contributed by atoms with E-state index in [0.717, 1.165) is 41.8 Å². The van der Waals surface area contributed by atoms with Gasteiger partial charge < -0.3 is 9.80 Å². The first-order valence-corrected chi connectivity index (χ1v) is 14.3. The lowest BCUT2D eigenvalue weighted by atomic mass is 10.0. The quantitative estimate of drug-likeness (QED) is 0.463. The van der Waals surface area contributed by atoms with Crippen molar-refractivity contribution in [3.8, 4) is 0 Å². The summed E-state index contributed by atoms with van der Waals surface area (Å²) in [6.07, 6.45) is -0.262. The number of alkyl halides is 3. The number of nitrogens with zero attached hydrogens (tertiary/aromatic N) is 6. The zero-order valence-corrected chi connectivity index (χ0v) is 22.3. The Hall–Kier alpha value is -2.90. The van der Waals surface area contributed by atoms with Crippen molar-refractivity contribution in [3.63, 3.8) is 0 Å². The first-order chi connectivity index (χ1) is 17.8. The van der Waals surface area contributed by atoms with Crippen LogP contribution in [-0.4, -0.2) is 77.2 Å². The molecule has 0 spiro atoms. The standard InChI is InChI=1S/C24H26ClF3N6O3S/c1-31(23(35)16-9-11-32(14-16)38(2,36)37)22(24(26,27)28)15-5-7-17(8-6-15)33-10-3-4-18-19(33)13-29-21-12-20(25)30-34(18)21/h5-8,12-13,16,22H,3-4,9-11,14H2,1-2H3/t16-,22-/m0/s1. The monoisotopic (exact) mass is 570 g/mol. The minimum absolute atomic E-state index is 0.0836. The first kappa shape index (κ1) is 26.7. The molecule has 38 heavy (non-hydrogen) atoms.